The van der Waals surface area contributed by atoms with Gasteiger partial charge in [-0.1, -0.05) is 12.1 Å². The summed E-state index contributed by atoms with van der Waals surface area (Å²) >= 11 is 0. The second kappa shape index (κ2) is 7.27. The minimum Gasteiger partial charge on any atom is -0.478 e. The molecule has 1 aliphatic heterocycles. The van der Waals surface area contributed by atoms with Crippen LogP contribution in [-0.4, -0.2) is 40.3 Å². The number of hydrogen-bond donors (Lipinski definition) is 3. The van der Waals surface area contributed by atoms with E-state index in [9.17, 15) is 9.90 Å². The minimum absolute atomic E-state index is 0.193. The van der Waals surface area contributed by atoms with Crippen molar-refractivity contribution >= 4 is 23.4 Å². The van der Waals surface area contributed by atoms with Crippen molar-refractivity contribution in [2.45, 2.75) is 25.9 Å². The van der Waals surface area contributed by atoms with Crippen LogP contribution in [0.25, 0.3) is 0 Å². The second-order valence-corrected chi connectivity index (χ2v) is 5.71. The highest BCUT2D eigenvalue weighted by molar-refractivity contribution is 5.95. The summed E-state index contributed by atoms with van der Waals surface area (Å²) in [6.07, 6.45) is 2.31. The molecule has 0 aliphatic carbocycles. The second-order valence-electron chi connectivity index (χ2n) is 5.71. The molecule has 0 bridgehead atoms. The maximum absolute atomic E-state index is 11.3. The quantitative estimate of drug-likeness (QED) is 0.750. The summed E-state index contributed by atoms with van der Waals surface area (Å²) in [6, 6.07) is 8.50. The molecule has 1 atom stereocenters. The fourth-order valence-corrected chi connectivity index (χ4v) is 2.64. The molecule has 1 fully saturated rings. The van der Waals surface area contributed by atoms with Crippen LogP contribution in [0.5, 0.6) is 0 Å². The maximum atomic E-state index is 11.3. The molecule has 3 N–H and O–H groups in total. The number of aromatic nitrogens is 2. The lowest BCUT2D eigenvalue weighted by atomic mass is 10.2. The van der Waals surface area contributed by atoms with E-state index in [0.717, 1.165) is 25.1 Å². The van der Waals surface area contributed by atoms with Crippen LogP contribution < -0.4 is 10.6 Å². The summed E-state index contributed by atoms with van der Waals surface area (Å²) in [5, 5.41) is 15.5. The van der Waals surface area contributed by atoms with Crippen LogP contribution in [0.1, 0.15) is 28.9 Å². The van der Waals surface area contributed by atoms with Gasteiger partial charge >= 0.3 is 5.97 Å². The highest BCUT2D eigenvalue weighted by Crippen LogP contribution is 2.21. The Labute approximate surface area is 140 Å². The van der Waals surface area contributed by atoms with Gasteiger partial charge in [-0.3, -0.25) is 0 Å². The van der Waals surface area contributed by atoms with Crippen LogP contribution in [-0.2, 0) is 4.74 Å². The molecule has 0 radical (unpaired) electrons. The molecule has 2 heterocycles. The zero-order chi connectivity index (χ0) is 16.9. The molecule has 0 spiro atoms. The molecule has 24 heavy (non-hydrogen) atoms. The summed E-state index contributed by atoms with van der Waals surface area (Å²) in [7, 11) is 0. The molecule has 7 heteroatoms. The van der Waals surface area contributed by atoms with Gasteiger partial charge in [-0.15, -0.1) is 0 Å². The third-order valence-electron chi connectivity index (χ3n) is 3.79. The van der Waals surface area contributed by atoms with Crippen molar-refractivity contribution in [1.29, 1.82) is 0 Å². The Hall–Kier alpha value is -2.67. The first-order chi connectivity index (χ1) is 11.6. The summed E-state index contributed by atoms with van der Waals surface area (Å²) < 4.78 is 5.57. The van der Waals surface area contributed by atoms with Crippen molar-refractivity contribution in [1.82, 2.24) is 9.97 Å². The van der Waals surface area contributed by atoms with Gasteiger partial charge in [0.25, 0.3) is 0 Å². The molecule has 2 aromatic rings. The molecule has 3 rings (SSSR count). The van der Waals surface area contributed by atoms with Crippen LogP contribution >= 0.6 is 0 Å². The van der Waals surface area contributed by atoms with Gasteiger partial charge in [0.15, 0.2) is 0 Å². The number of nitrogens with one attached hydrogen (secondary N) is 2. The van der Waals surface area contributed by atoms with Gasteiger partial charge < -0.3 is 20.5 Å². The standard InChI is InChI=1S/C17H20N4O3/c1-11-9-15(20-14-7-3-2-6-13(14)16(22)23)21-17(19-11)18-10-12-5-4-8-24-12/h2-3,6-7,9,12H,4-5,8,10H2,1H3,(H,22,23)(H2,18,19,20,21). The van der Waals surface area contributed by atoms with E-state index in [0.29, 0.717) is 24.0 Å². The van der Waals surface area contributed by atoms with E-state index >= 15 is 0 Å². The average Bonchev–Trinajstić information content (AvgIpc) is 3.06. The number of carbonyl (C=O) groups is 1. The minimum atomic E-state index is -0.986. The van der Waals surface area contributed by atoms with Crippen molar-refractivity contribution in [3.05, 3.63) is 41.6 Å². The largest absolute Gasteiger partial charge is 0.478 e. The van der Waals surface area contributed by atoms with E-state index in [1.54, 1.807) is 30.3 Å². The van der Waals surface area contributed by atoms with Gasteiger partial charge in [-0.05, 0) is 31.9 Å². The number of carboxylic acids is 1. The number of para-hydroxylation sites is 1. The Morgan fingerprint density at radius 2 is 2.21 bits per heavy atom. The van der Waals surface area contributed by atoms with Crippen LogP contribution in [0.3, 0.4) is 0 Å². The summed E-state index contributed by atoms with van der Waals surface area (Å²) in [5.74, 6) is 0.0625. The highest BCUT2D eigenvalue weighted by atomic mass is 16.5. The number of aromatic carboxylic acids is 1. The average molecular weight is 328 g/mol. The molecule has 7 nitrogen and oxygen atoms in total. The number of ether oxygens (including phenoxy) is 1. The molecule has 0 amide bonds. The summed E-state index contributed by atoms with van der Waals surface area (Å²) in [4.78, 5) is 20.1. The lowest BCUT2D eigenvalue weighted by Crippen LogP contribution is -2.20. The zero-order valence-electron chi connectivity index (χ0n) is 13.5. The van der Waals surface area contributed by atoms with Crippen LogP contribution in [0.2, 0.25) is 0 Å². The Bertz CT molecular complexity index is 730. The van der Waals surface area contributed by atoms with Crippen molar-refractivity contribution in [3.8, 4) is 0 Å². The number of carboxylic acid groups (broad SMARTS) is 1. The Morgan fingerprint density at radius 1 is 1.38 bits per heavy atom. The van der Waals surface area contributed by atoms with Crippen LogP contribution in [0.4, 0.5) is 17.5 Å². The van der Waals surface area contributed by atoms with E-state index in [-0.39, 0.29) is 11.7 Å². The number of aryl methyl sites for hydroxylation is 1. The number of nitrogens with zero attached hydrogens (tertiary/aromatic N) is 2. The van der Waals surface area contributed by atoms with Gasteiger partial charge in [0.1, 0.15) is 5.82 Å². The normalized spacial score (nSPS) is 16.8. The monoisotopic (exact) mass is 328 g/mol. The Balaban J connectivity index is 1.75. The number of benzene rings is 1. The van der Waals surface area contributed by atoms with Crippen LogP contribution in [0, 0.1) is 6.92 Å². The van der Waals surface area contributed by atoms with Gasteiger partial charge in [-0.25, -0.2) is 9.78 Å². The van der Waals surface area contributed by atoms with Gasteiger partial charge in [0, 0.05) is 24.9 Å². The van der Waals surface area contributed by atoms with E-state index in [1.807, 2.05) is 6.92 Å². The van der Waals surface area contributed by atoms with E-state index in [4.69, 9.17) is 4.74 Å². The molecule has 1 unspecified atom stereocenters. The molecule has 1 aliphatic rings. The zero-order valence-corrected chi connectivity index (χ0v) is 13.5. The first-order valence-corrected chi connectivity index (χ1v) is 7.92. The third kappa shape index (κ3) is 3.99. The number of rotatable bonds is 6. The van der Waals surface area contributed by atoms with Crippen molar-refractivity contribution in [3.63, 3.8) is 0 Å². The van der Waals surface area contributed by atoms with Gasteiger partial charge in [0.05, 0.1) is 17.4 Å². The Morgan fingerprint density at radius 3 is 2.96 bits per heavy atom. The topological polar surface area (TPSA) is 96.4 Å². The number of anilines is 3. The van der Waals surface area contributed by atoms with Crippen molar-refractivity contribution < 1.29 is 14.6 Å². The van der Waals surface area contributed by atoms with Gasteiger partial charge in [0.2, 0.25) is 5.95 Å². The SMILES string of the molecule is Cc1cc(Nc2ccccc2C(=O)O)nc(NCC2CCCO2)n1. The summed E-state index contributed by atoms with van der Waals surface area (Å²) in [6.45, 7) is 3.33. The fraction of sp³-hybridized carbons (Fsp3) is 0.353. The summed E-state index contributed by atoms with van der Waals surface area (Å²) in [5.41, 5.74) is 1.48. The Kier molecular flexibility index (Phi) is 4.90. The van der Waals surface area contributed by atoms with E-state index < -0.39 is 5.97 Å². The van der Waals surface area contributed by atoms with Crippen molar-refractivity contribution in [2.75, 3.05) is 23.8 Å². The molecular formula is C17H20N4O3. The third-order valence-corrected chi connectivity index (χ3v) is 3.79. The molecule has 126 valence electrons. The first kappa shape index (κ1) is 16.2. The van der Waals surface area contributed by atoms with E-state index in [1.165, 1.54) is 0 Å². The lowest BCUT2D eigenvalue weighted by molar-refractivity contribution is 0.0698. The predicted molar refractivity (Wildman–Crippen MR) is 90.9 cm³/mol. The van der Waals surface area contributed by atoms with Crippen molar-refractivity contribution in [2.24, 2.45) is 0 Å². The predicted octanol–water partition coefficient (Wildman–Crippen LogP) is 2.82. The molecule has 0 saturated carbocycles. The van der Waals surface area contributed by atoms with Gasteiger partial charge in [-0.2, -0.15) is 4.98 Å². The van der Waals surface area contributed by atoms with E-state index in [2.05, 4.69) is 20.6 Å². The molecular weight excluding hydrogens is 308 g/mol. The molecule has 1 saturated heterocycles. The molecule has 1 aromatic heterocycles. The first-order valence-electron chi connectivity index (χ1n) is 7.92. The van der Waals surface area contributed by atoms with Crippen LogP contribution in [0.15, 0.2) is 30.3 Å². The smallest absolute Gasteiger partial charge is 0.337 e. The number of hydrogen-bond acceptors (Lipinski definition) is 6. The highest BCUT2D eigenvalue weighted by Gasteiger charge is 2.16. The molecule has 1 aromatic carbocycles. The fourth-order valence-electron chi connectivity index (χ4n) is 2.64. The lowest BCUT2D eigenvalue weighted by Gasteiger charge is -2.13. The maximum Gasteiger partial charge on any atom is 0.337 e.